The minimum Gasteiger partial charge on any atom is -0.341 e. The Balaban J connectivity index is 2.04. The molecular formula is C10H12ClNOS. The lowest BCUT2D eigenvalue weighted by atomic mass is 10.2. The van der Waals surface area contributed by atoms with E-state index in [9.17, 15) is 4.79 Å². The first-order valence-electron chi connectivity index (χ1n) is 4.74. The molecule has 1 unspecified atom stereocenters. The quantitative estimate of drug-likeness (QED) is 0.714. The fourth-order valence-corrected chi connectivity index (χ4v) is 2.69. The molecule has 0 saturated carbocycles. The average Bonchev–Trinajstić information content (AvgIpc) is 2.87. The normalized spacial score (nSPS) is 18.5. The molecule has 4 heteroatoms. The van der Waals surface area contributed by atoms with Crippen molar-refractivity contribution in [3.05, 3.63) is 22.4 Å². The first kappa shape index (κ1) is 9.99. The smallest absolute Gasteiger partial charge is 0.245 e. The standard InChI is InChI=1S/C10H12ClNOS/c11-9(8-3-6-14-7-8)10(13)12-4-1-2-5-12/h3,6-7,9H,1-2,4-5H2. The predicted octanol–water partition coefficient (Wildman–Crippen LogP) is 2.65. The van der Waals surface area contributed by atoms with Gasteiger partial charge in [-0.1, -0.05) is 0 Å². The molecule has 1 amide bonds. The van der Waals surface area contributed by atoms with Gasteiger partial charge in [0, 0.05) is 13.1 Å². The van der Waals surface area contributed by atoms with Gasteiger partial charge in [-0.25, -0.2) is 0 Å². The van der Waals surface area contributed by atoms with Gasteiger partial charge in [-0.3, -0.25) is 4.79 Å². The Morgan fingerprint density at radius 1 is 1.50 bits per heavy atom. The summed E-state index contributed by atoms with van der Waals surface area (Å²) in [4.78, 5) is 13.7. The number of likely N-dealkylation sites (tertiary alicyclic amines) is 1. The summed E-state index contributed by atoms with van der Waals surface area (Å²) in [6.45, 7) is 1.73. The summed E-state index contributed by atoms with van der Waals surface area (Å²) in [5, 5.41) is 3.40. The lowest BCUT2D eigenvalue weighted by Crippen LogP contribution is -2.30. The largest absolute Gasteiger partial charge is 0.341 e. The summed E-state index contributed by atoms with van der Waals surface area (Å²) in [5.74, 6) is 0.0579. The highest BCUT2D eigenvalue weighted by molar-refractivity contribution is 7.08. The Hall–Kier alpha value is -0.540. The first-order chi connectivity index (χ1) is 6.79. The third-order valence-electron chi connectivity index (χ3n) is 2.47. The van der Waals surface area contributed by atoms with E-state index in [-0.39, 0.29) is 5.91 Å². The maximum atomic E-state index is 11.8. The van der Waals surface area contributed by atoms with E-state index in [4.69, 9.17) is 11.6 Å². The van der Waals surface area contributed by atoms with Gasteiger partial charge in [0.1, 0.15) is 5.38 Å². The van der Waals surface area contributed by atoms with Gasteiger partial charge in [-0.15, -0.1) is 11.6 Å². The minimum atomic E-state index is -0.487. The maximum absolute atomic E-state index is 11.8. The summed E-state index contributed by atoms with van der Waals surface area (Å²) in [5.41, 5.74) is 0.925. The van der Waals surface area contributed by atoms with Crippen molar-refractivity contribution < 1.29 is 4.79 Å². The highest BCUT2D eigenvalue weighted by Gasteiger charge is 2.25. The van der Waals surface area contributed by atoms with Crippen LogP contribution in [0.3, 0.4) is 0 Å². The lowest BCUT2D eigenvalue weighted by Gasteiger charge is -2.18. The molecule has 0 bridgehead atoms. The van der Waals surface area contributed by atoms with E-state index in [0.717, 1.165) is 31.5 Å². The van der Waals surface area contributed by atoms with E-state index in [1.165, 1.54) is 0 Å². The van der Waals surface area contributed by atoms with Crippen LogP contribution in [0.5, 0.6) is 0 Å². The zero-order valence-corrected chi connectivity index (χ0v) is 9.35. The summed E-state index contributed by atoms with van der Waals surface area (Å²) >= 11 is 7.67. The van der Waals surface area contributed by atoms with Gasteiger partial charge in [0.15, 0.2) is 0 Å². The van der Waals surface area contributed by atoms with Crippen molar-refractivity contribution in [2.24, 2.45) is 0 Å². The SMILES string of the molecule is O=C(C(Cl)c1ccsc1)N1CCCC1. The van der Waals surface area contributed by atoms with Crippen LogP contribution in [0.4, 0.5) is 0 Å². The van der Waals surface area contributed by atoms with Gasteiger partial charge < -0.3 is 4.90 Å². The molecule has 1 aliphatic heterocycles. The van der Waals surface area contributed by atoms with Crippen LogP contribution in [-0.2, 0) is 4.79 Å². The highest BCUT2D eigenvalue weighted by Crippen LogP contribution is 2.26. The second kappa shape index (κ2) is 4.32. The number of hydrogen-bond donors (Lipinski definition) is 0. The molecule has 0 N–H and O–H groups in total. The molecule has 2 rings (SSSR count). The molecule has 14 heavy (non-hydrogen) atoms. The topological polar surface area (TPSA) is 20.3 Å². The second-order valence-electron chi connectivity index (χ2n) is 3.45. The number of carbonyl (C=O) groups is 1. The van der Waals surface area contributed by atoms with Gasteiger partial charge in [-0.2, -0.15) is 11.3 Å². The third-order valence-corrected chi connectivity index (χ3v) is 3.61. The first-order valence-corrected chi connectivity index (χ1v) is 6.12. The number of thiophene rings is 1. The Morgan fingerprint density at radius 3 is 2.79 bits per heavy atom. The monoisotopic (exact) mass is 229 g/mol. The third kappa shape index (κ3) is 1.93. The van der Waals surface area contributed by atoms with Crippen molar-refractivity contribution >= 4 is 28.8 Å². The van der Waals surface area contributed by atoms with E-state index in [1.807, 2.05) is 21.7 Å². The van der Waals surface area contributed by atoms with E-state index in [0.29, 0.717) is 0 Å². The molecular weight excluding hydrogens is 218 g/mol. The lowest BCUT2D eigenvalue weighted by molar-refractivity contribution is -0.129. The number of nitrogens with zero attached hydrogens (tertiary/aromatic N) is 1. The summed E-state index contributed by atoms with van der Waals surface area (Å²) < 4.78 is 0. The van der Waals surface area contributed by atoms with Crippen LogP contribution in [0.15, 0.2) is 16.8 Å². The Labute approximate surface area is 92.5 Å². The van der Waals surface area contributed by atoms with Crippen molar-refractivity contribution in [3.63, 3.8) is 0 Å². The number of amides is 1. The second-order valence-corrected chi connectivity index (χ2v) is 4.67. The molecule has 0 aliphatic carbocycles. The van der Waals surface area contributed by atoms with Crippen LogP contribution >= 0.6 is 22.9 Å². The Kier molecular flexibility index (Phi) is 3.08. The van der Waals surface area contributed by atoms with Gasteiger partial charge >= 0.3 is 0 Å². The van der Waals surface area contributed by atoms with Crippen molar-refractivity contribution in [3.8, 4) is 0 Å². The van der Waals surface area contributed by atoms with Crippen LogP contribution in [0.1, 0.15) is 23.8 Å². The van der Waals surface area contributed by atoms with Crippen LogP contribution in [-0.4, -0.2) is 23.9 Å². The number of carbonyl (C=O) groups excluding carboxylic acids is 1. The van der Waals surface area contributed by atoms with Crippen molar-refractivity contribution in [2.75, 3.05) is 13.1 Å². The van der Waals surface area contributed by atoms with Crippen LogP contribution in [0, 0.1) is 0 Å². The molecule has 1 aliphatic rings. The molecule has 0 radical (unpaired) electrons. The molecule has 2 nitrogen and oxygen atoms in total. The van der Waals surface area contributed by atoms with Crippen LogP contribution in [0.2, 0.25) is 0 Å². The van der Waals surface area contributed by atoms with Crippen LogP contribution < -0.4 is 0 Å². The molecule has 76 valence electrons. The molecule has 1 aromatic rings. The average molecular weight is 230 g/mol. The van der Waals surface area contributed by atoms with E-state index in [1.54, 1.807) is 11.3 Å². The molecule has 1 fully saturated rings. The zero-order valence-electron chi connectivity index (χ0n) is 7.78. The molecule has 1 atom stereocenters. The number of hydrogen-bond acceptors (Lipinski definition) is 2. The summed E-state index contributed by atoms with van der Waals surface area (Å²) in [6.07, 6.45) is 2.22. The Bertz CT molecular complexity index is 306. The molecule has 0 aromatic carbocycles. The van der Waals surface area contributed by atoms with E-state index >= 15 is 0 Å². The van der Waals surface area contributed by atoms with Gasteiger partial charge in [0.05, 0.1) is 0 Å². The van der Waals surface area contributed by atoms with Gasteiger partial charge in [-0.05, 0) is 35.2 Å². The minimum absolute atomic E-state index is 0.0579. The predicted molar refractivity (Wildman–Crippen MR) is 58.7 cm³/mol. The fourth-order valence-electron chi connectivity index (χ4n) is 1.66. The highest BCUT2D eigenvalue weighted by atomic mass is 35.5. The molecule has 1 saturated heterocycles. The Morgan fingerprint density at radius 2 is 2.21 bits per heavy atom. The number of alkyl halides is 1. The van der Waals surface area contributed by atoms with Crippen molar-refractivity contribution in [2.45, 2.75) is 18.2 Å². The number of rotatable bonds is 2. The van der Waals surface area contributed by atoms with Gasteiger partial charge in [0.2, 0.25) is 5.91 Å². The molecule has 0 spiro atoms. The molecule has 1 aromatic heterocycles. The van der Waals surface area contributed by atoms with E-state index in [2.05, 4.69) is 0 Å². The van der Waals surface area contributed by atoms with Gasteiger partial charge in [0.25, 0.3) is 0 Å². The van der Waals surface area contributed by atoms with E-state index < -0.39 is 5.38 Å². The molecule has 2 heterocycles. The summed E-state index contributed by atoms with van der Waals surface area (Å²) in [7, 11) is 0. The maximum Gasteiger partial charge on any atom is 0.245 e. The zero-order chi connectivity index (χ0) is 9.97. The number of halogens is 1. The summed E-state index contributed by atoms with van der Waals surface area (Å²) in [6, 6.07) is 1.91. The van der Waals surface area contributed by atoms with Crippen molar-refractivity contribution in [1.82, 2.24) is 4.90 Å². The fraction of sp³-hybridized carbons (Fsp3) is 0.500. The van der Waals surface area contributed by atoms with Crippen LogP contribution in [0.25, 0.3) is 0 Å². The van der Waals surface area contributed by atoms with Crippen molar-refractivity contribution in [1.29, 1.82) is 0 Å².